The fourth-order valence-corrected chi connectivity index (χ4v) is 2.05. The van der Waals surface area contributed by atoms with E-state index in [4.69, 9.17) is 19.9 Å². The monoisotopic (exact) mass is 251 g/mol. The van der Waals surface area contributed by atoms with Gasteiger partial charge < -0.3 is 19.9 Å². The van der Waals surface area contributed by atoms with Gasteiger partial charge in [-0.3, -0.25) is 0 Å². The van der Waals surface area contributed by atoms with E-state index in [9.17, 15) is 0 Å². The highest BCUT2D eigenvalue weighted by Crippen LogP contribution is 2.23. The van der Waals surface area contributed by atoms with Gasteiger partial charge in [-0.15, -0.1) is 0 Å². The molecule has 1 heterocycles. The lowest BCUT2D eigenvalue weighted by Crippen LogP contribution is -2.46. The van der Waals surface area contributed by atoms with Gasteiger partial charge in [0.05, 0.1) is 12.2 Å². The van der Waals surface area contributed by atoms with Crippen molar-refractivity contribution in [3.63, 3.8) is 0 Å². The molecule has 0 aliphatic carbocycles. The van der Waals surface area contributed by atoms with Crippen LogP contribution in [0.4, 0.5) is 0 Å². The van der Waals surface area contributed by atoms with E-state index in [1.807, 2.05) is 30.3 Å². The molecule has 0 saturated carbocycles. The van der Waals surface area contributed by atoms with Crippen LogP contribution >= 0.6 is 0 Å². The smallest absolute Gasteiger partial charge is 0.147 e. The molecule has 1 aromatic carbocycles. The second-order valence-corrected chi connectivity index (χ2v) is 4.60. The predicted molar refractivity (Wildman–Crippen MR) is 69.0 cm³/mol. The number of hydrogen-bond acceptors (Lipinski definition) is 4. The van der Waals surface area contributed by atoms with Gasteiger partial charge in [-0.25, -0.2) is 0 Å². The van der Waals surface area contributed by atoms with Gasteiger partial charge >= 0.3 is 0 Å². The lowest BCUT2D eigenvalue weighted by Gasteiger charge is -2.35. The Balaban J connectivity index is 1.71. The molecular weight excluding hydrogens is 230 g/mol. The lowest BCUT2D eigenvalue weighted by atomic mass is 9.94. The molecule has 0 spiro atoms. The van der Waals surface area contributed by atoms with Gasteiger partial charge in [0.1, 0.15) is 6.79 Å². The predicted octanol–water partition coefficient (Wildman–Crippen LogP) is 1.69. The molecule has 0 radical (unpaired) electrons. The molecular formula is C14H21NO3. The minimum absolute atomic E-state index is 0.255. The largest absolute Gasteiger partial charge is 0.381 e. The summed E-state index contributed by atoms with van der Waals surface area (Å²) in [6, 6.07) is 10.1. The third-order valence-electron chi connectivity index (χ3n) is 3.34. The molecule has 2 rings (SSSR count). The second kappa shape index (κ2) is 6.85. The average Bonchev–Trinajstić information content (AvgIpc) is 2.46. The van der Waals surface area contributed by atoms with Crippen molar-refractivity contribution in [3.8, 4) is 0 Å². The summed E-state index contributed by atoms with van der Waals surface area (Å²) < 4.78 is 16.7. The molecule has 2 N–H and O–H groups in total. The summed E-state index contributed by atoms with van der Waals surface area (Å²) in [5.41, 5.74) is 6.69. The molecule has 1 aliphatic heterocycles. The number of rotatable bonds is 6. The third kappa shape index (κ3) is 3.78. The normalized spacial score (nSPS) is 18.7. The van der Waals surface area contributed by atoms with Crippen molar-refractivity contribution in [2.24, 2.45) is 5.73 Å². The molecule has 0 aromatic heterocycles. The van der Waals surface area contributed by atoms with Gasteiger partial charge in [-0.05, 0) is 5.56 Å². The Hall–Kier alpha value is -0.940. The van der Waals surface area contributed by atoms with Crippen molar-refractivity contribution >= 4 is 0 Å². The van der Waals surface area contributed by atoms with Crippen LogP contribution in [0.25, 0.3) is 0 Å². The molecule has 1 saturated heterocycles. The Morgan fingerprint density at radius 1 is 1.17 bits per heavy atom. The van der Waals surface area contributed by atoms with Crippen LogP contribution in [0.5, 0.6) is 0 Å². The Morgan fingerprint density at radius 2 is 1.89 bits per heavy atom. The first kappa shape index (κ1) is 13.5. The molecule has 100 valence electrons. The minimum Gasteiger partial charge on any atom is -0.381 e. The second-order valence-electron chi connectivity index (χ2n) is 4.60. The quantitative estimate of drug-likeness (QED) is 0.617. The van der Waals surface area contributed by atoms with Crippen LogP contribution in [0.3, 0.4) is 0 Å². The Labute approximate surface area is 108 Å². The summed E-state index contributed by atoms with van der Waals surface area (Å²) in [6.07, 6.45) is 1.69. The van der Waals surface area contributed by atoms with Crippen molar-refractivity contribution in [1.29, 1.82) is 0 Å². The average molecular weight is 251 g/mol. The van der Waals surface area contributed by atoms with E-state index < -0.39 is 0 Å². The highest BCUT2D eigenvalue weighted by molar-refractivity contribution is 5.13. The summed E-state index contributed by atoms with van der Waals surface area (Å²) in [5.74, 6) is 0. The SMILES string of the molecule is NCC1(OCOCc2ccccc2)CCOCC1. The Bertz CT molecular complexity index is 336. The first-order valence-electron chi connectivity index (χ1n) is 6.38. The van der Waals surface area contributed by atoms with Crippen LogP contribution in [-0.2, 0) is 20.8 Å². The van der Waals surface area contributed by atoms with Crippen LogP contribution in [0.15, 0.2) is 30.3 Å². The van der Waals surface area contributed by atoms with Gasteiger partial charge in [-0.1, -0.05) is 30.3 Å². The van der Waals surface area contributed by atoms with Crippen molar-refractivity contribution in [2.45, 2.75) is 25.0 Å². The van der Waals surface area contributed by atoms with Crippen molar-refractivity contribution in [2.75, 3.05) is 26.6 Å². The van der Waals surface area contributed by atoms with E-state index in [-0.39, 0.29) is 12.4 Å². The van der Waals surface area contributed by atoms with Gasteiger partial charge in [0, 0.05) is 32.6 Å². The maximum Gasteiger partial charge on any atom is 0.147 e. The third-order valence-corrected chi connectivity index (χ3v) is 3.34. The molecule has 1 aliphatic rings. The maximum absolute atomic E-state index is 5.81. The van der Waals surface area contributed by atoms with E-state index in [1.54, 1.807) is 0 Å². The molecule has 4 nitrogen and oxygen atoms in total. The number of nitrogens with two attached hydrogens (primary N) is 1. The maximum atomic E-state index is 5.81. The molecule has 18 heavy (non-hydrogen) atoms. The van der Waals surface area contributed by atoms with Crippen molar-refractivity contribution in [3.05, 3.63) is 35.9 Å². The summed E-state index contributed by atoms with van der Waals surface area (Å²) in [7, 11) is 0. The van der Waals surface area contributed by atoms with Crippen LogP contribution in [0, 0.1) is 0 Å². The zero-order valence-corrected chi connectivity index (χ0v) is 10.6. The Kier molecular flexibility index (Phi) is 5.13. The standard InChI is InChI=1S/C14H21NO3/c15-11-14(6-8-16-9-7-14)18-12-17-10-13-4-2-1-3-5-13/h1-5H,6-12,15H2. The highest BCUT2D eigenvalue weighted by Gasteiger charge is 2.32. The molecule has 0 unspecified atom stereocenters. The Morgan fingerprint density at radius 3 is 2.56 bits per heavy atom. The lowest BCUT2D eigenvalue weighted by molar-refractivity contribution is -0.172. The van der Waals surface area contributed by atoms with Gasteiger partial charge in [0.2, 0.25) is 0 Å². The van der Waals surface area contributed by atoms with E-state index >= 15 is 0 Å². The topological polar surface area (TPSA) is 53.7 Å². The van der Waals surface area contributed by atoms with Crippen molar-refractivity contribution < 1.29 is 14.2 Å². The number of ether oxygens (including phenoxy) is 3. The van der Waals surface area contributed by atoms with Crippen LogP contribution in [0.1, 0.15) is 18.4 Å². The van der Waals surface area contributed by atoms with E-state index in [0.29, 0.717) is 13.2 Å². The van der Waals surface area contributed by atoms with Crippen LogP contribution < -0.4 is 5.73 Å². The zero-order chi connectivity index (χ0) is 12.7. The molecule has 1 aromatic rings. The zero-order valence-electron chi connectivity index (χ0n) is 10.6. The van der Waals surface area contributed by atoms with Crippen molar-refractivity contribution in [1.82, 2.24) is 0 Å². The first-order valence-corrected chi connectivity index (χ1v) is 6.38. The van der Waals surface area contributed by atoms with Crippen LogP contribution in [-0.4, -0.2) is 32.2 Å². The van der Waals surface area contributed by atoms with Crippen LogP contribution in [0.2, 0.25) is 0 Å². The summed E-state index contributed by atoms with van der Waals surface area (Å²) in [5, 5.41) is 0. The fraction of sp³-hybridized carbons (Fsp3) is 0.571. The molecule has 1 fully saturated rings. The summed E-state index contributed by atoms with van der Waals surface area (Å²) in [4.78, 5) is 0. The highest BCUT2D eigenvalue weighted by atomic mass is 16.7. The first-order chi connectivity index (χ1) is 8.85. The molecule has 4 heteroatoms. The van der Waals surface area contributed by atoms with E-state index in [2.05, 4.69) is 0 Å². The van der Waals surface area contributed by atoms with E-state index in [1.165, 1.54) is 0 Å². The minimum atomic E-state index is -0.255. The summed E-state index contributed by atoms with van der Waals surface area (Å²) >= 11 is 0. The molecule has 0 amide bonds. The number of hydrogen-bond donors (Lipinski definition) is 1. The van der Waals surface area contributed by atoms with Gasteiger partial charge in [0.15, 0.2) is 0 Å². The van der Waals surface area contributed by atoms with Gasteiger partial charge in [-0.2, -0.15) is 0 Å². The number of benzene rings is 1. The van der Waals surface area contributed by atoms with E-state index in [0.717, 1.165) is 31.6 Å². The molecule has 0 bridgehead atoms. The molecule has 0 atom stereocenters. The van der Waals surface area contributed by atoms with Gasteiger partial charge in [0.25, 0.3) is 0 Å². The summed E-state index contributed by atoms with van der Waals surface area (Å²) in [6.45, 7) is 2.81. The fourth-order valence-electron chi connectivity index (χ4n) is 2.05.